The highest BCUT2D eigenvalue weighted by atomic mass is 127. The van der Waals surface area contributed by atoms with Gasteiger partial charge in [0, 0.05) is 20.1 Å². The first-order valence-corrected chi connectivity index (χ1v) is 8.95. The third-order valence-electron chi connectivity index (χ3n) is 4.81. The lowest BCUT2D eigenvalue weighted by Gasteiger charge is -2.13. The van der Waals surface area contributed by atoms with Crippen LogP contribution in [-0.4, -0.2) is 33.8 Å². The summed E-state index contributed by atoms with van der Waals surface area (Å²) in [6.07, 6.45) is 1.24. The van der Waals surface area contributed by atoms with E-state index in [1.54, 1.807) is 21.3 Å². The number of halogens is 1. The second kappa shape index (κ2) is 10.4. The van der Waals surface area contributed by atoms with Crippen molar-refractivity contribution in [3.63, 3.8) is 0 Å². The van der Waals surface area contributed by atoms with E-state index in [1.165, 1.54) is 12.0 Å². The number of guanidine groups is 1. The molecule has 1 aliphatic carbocycles. The van der Waals surface area contributed by atoms with E-state index < -0.39 is 0 Å². The first-order chi connectivity index (χ1) is 12.7. The van der Waals surface area contributed by atoms with Crippen LogP contribution in [0.1, 0.15) is 23.5 Å². The predicted molar refractivity (Wildman–Crippen MR) is 120 cm³/mol. The van der Waals surface area contributed by atoms with Gasteiger partial charge in [0.15, 0.2) is 17.5 Å². The Morgan fingerprint density at radius 1 is 1.04 bits per heavy atom. The van der Waals surface area contributed by atoms with Crippen LogP contribution < -0.4 is 20.1 Å². The Labute approximate surface area is 178 Å². The fraction of sp³-hybridized carbons (Fsp3) is 0.381. The molecule has 0 aliphatic heterocycles. The van der Waals surface area contributed by atoms with Crippen molar-refractivity contribution in [1.82, 2.24) is 10.6 Å². The van der Waals surface area contributed by atoms with E-state index in [2.05, 4.69) is 46.0 Å². The van der Waals surface area contributed by atoms with Crippen molar-refractivity contribution in [1.29, 1.82) is 0 Å². The number of hydrogen-bond donors (Lipinski definition) is 2. The van der Waals surface area contributed by atoms with Gasteiger partial charge in [-0.25, -0.2) is 0 Å². The molecule has 0 radical (unpaired) electrons. The summed E-state index contributed by atoms with van der Waals surface area (Å²) in [6, 6.07) is 16.6. The lowest BCUT2D eigenvalue weighted by Crippen LogP contribution is -2.38. The van der Waals surface area contributed by atoms with Gasteiger partial charge in [0.2, 0.25) is 0 Å². The van der Waals surface area contributed by atoms with Crippen molar-refractivity contribution in [2.45, 2.75) is 18.9 Å². The Balaban J connectivity index is 0.00000261. The number of benzene rings is 2. The summed E-state index contributed by atoms with van der Waals surface area (Å²) < 4.78 is 10.6. The second-order valence-electron chi connectivity index (χ2n) is 6.51. The molecule has 2 aromatic carbocycles. The molecule has 3 rings (SSSR count). The zero-order chi connectivity index (χ0) is 18.4. The topological polar surface area (TPSA) is 54.9 Å². The maximum atomic E-state index is 5.35. The number of nitrogens with one attached hydrogen (secondary N) is 2. The highest BCUT2D eigenvalue weighted by Gasteiger charge is 2.37. The SMILES string of the molecule is CN=C(NCc1ccc(OC)c(OC)c1)NCC1CC1c1ccccc1.I. The molecule has 0 bridgehead atoms. The number of nitrogens with zero attached hydrogens (tertiary/aromatic N) is 1. The molecule has 0 heterocycles. The molecule has 0 aromatic heterocycles. The van der Waals surface area contributed by atoms with E-state index in [4.69, 9.17) is 9.47 Å². The summed E-state index contributed by atoms with van der Waals surface area (Å²) in [5.41, 5.74) is 2.55. The molecular formula is C21H28IN3O2. The normalized spacial score (nSPS) is 18.3. The fourth-order valence-corrected chi connectivity index (χ4v) is 3.21. The quantitative estimate of drug-likeness (QED) is 0.359. The smallest absolute Gasteiger partial charge is 0.191 e. The maximum absolute atomic E-state index is 5.35. The van der Waals surface area contributed by atoms with E-state index in [0.29, 0.717) is 18.4 Å². The predicted octanol–water partition coefficient (Wildman–Crippen LogP) is 3.79. The zero-order valence-electron chi connectivity index (χ0n) is 16.1. The van der Waals surface area contributed by atoms with Crippen molar-refractivity contribution < 1.29 is 9.47 Å². The molecule has 0 amide bonds. The molecule has 0 spiro atoms. The van der Waals surface area contributed by atoms with Crippen LogP contribution in [0.15, 0.2) is 53.5 Å². The van der Waals surface area contributed by atoms with E-state index in [1.807, 2.05) is 18.2 Å². The van der Waals surface area contributed by atoms with Crippen LogP contribution in [0.4, 0.5) is 0 Å². The molecule has 2 N–H and O–H groups in total. The van der Waals surface area contributed by atoms with Gasteiger partial charge >= 0.3 is 0 Å². The van der Waals surface area contributed by atoms with Crippen LogP contribution in [0.25, 0.3) is 0 Å². The van der Waals surface area contributed by atoms with E-state index in [9.17, 15) is 0 Å². The average Bonchev–Trinajstić information content (AvgIpc) is 3.48. The average molecular weight is 481 g/mol. The minimum absolute atomic E-state index is 0. The van der Waals surface area contributed by atoms with Gasteiger partial charge in [-0.05, 0) is 41.5 Å². The van der Waals surface area contributed by atoms with Crippen molar-refractivity contribution >= 4 is 29.9 Å². The molecule has 0 saturated heterocycles. The fourth-order valence-electron chi connectivity index (χ4n) is 3.21. The Kier molecular flexibility index (Phi) is 8.22. The number of methoxy groups -OCH3 is 2. The van der Waals surface area contributed by atoms with Gasteiger partial charge in [0.1, 0.15) is 0 Å². The molecule has 2 aromatic rings. The van der Waals surface area contributed by atoms with Crippen molar-refractivity contribution in [2.24, 2.45) is 10.9 Å². The van der Waals surface area contributed by atoms with Gasteiger partial charge in [0.25, 0.3) is 0 Å². The second-order valence-corrected chi connectivity index (χ2v) is 6.51. The summed E-state index contributed by atoms with van der Waals surface area (Å²) in [7, 11) is 5.09. The van der Waals surface area contributed by atoms with E-state index >= 15 is 0 Å². The Morgan fingerprint density at radius 3 is 2.44 bits per heavy atom. The molecule has 27 heavy (non-hydrogen) atoms. The lowest BCUT2D eigenvalue weighted by molar-refractivity contribution is 0.354. The van der Waals surface area contributed by atoms with Crippen LogP contribution in [0.2, 0.25) is 0 Å². The first-order valence-electron chi connectivity index (χ1n) is 8.95. The monoisotopic (exact) mass is 481 g/mol. The minimum atomic E-state index is 0. The molecule has 2 unspecified atom stereocenters. The van der Waals surface area contributed by atoms with Crippen molar-refractivity contribution in [3.8, 4) is 11.5 Å². The third-order valence-corrected chi connectivity index (χ3v) is 4.81. The van der Waals surface area contributed by atoms with Crippen LogP contribution in [0.5, 0.6) is 11.5 Å². The number of ether oxygens (including phenoxy) is 2. The Hall–Kier alpha value is -1.96. The van der Waals surface area contributed by atoms with Gasteiger partial charge in [0.05, 0.1) is 14.2 Å². The molecule has 1 saturated carbocycles. The summed E-state index contributed by atoms with van der Waals surface area (Å²) in [5.74, 6) is 3.64. The molecule has 5 nitrogen and oxygen atoms in total. The molecule has 6 heteroatoms. The molecule has 1 fully saturated rings. The Morgan fingerprint density at radius 2 is 1.78 bits per heavy atom. The third kappa shape index (κ3) is 5.76. The van der Waals surface area contributed by atoms with Crippen LogP contribution in [-0.2, 0) is 6.54 Å². The lowest BCUT2D eigenvalue weighted by atomic mass is 10.1. The van der Waals surface area contributed by atoms with Gasteiger partial charge in [-0.15, -0.1) is 24.0 Å². The van der Waals surface area contributed by atoms with Crippen LogP contribution >= 0.6 is 24.0 Å². The van der Waals surface area contributed by atoms with E-state index in [-0.39, 0.29) is 24.0 Å². The number of aliphatic imine (C=N–C) groups is 1. The van der Waals surface area contributed by atoms with Crippen LogP contribution in [0.3, 0.4) is 0 Å². The van der Waals surface area contributed by atoms with Gasteiger partial charge in [-0.1, -0.05) is 36.4 Å². The standard InChI is InChI=1S/C21H27N3O2.HI/c1-22-21(23-13-15-9-10-19(25-2)20(11-15)26-3)24-14-17-12-18(17)16-7-5-4-6-8-16;/h4-11,17-18H,12-14H2,1-3H3,(H2,22,23,24);1H. The van der Waals surface area contributed by atoms with E-state index in [0.717, 1.165) is 29.6 Å². The highest BCUT2D eigenvalue weighted by molar-refractivity contribution is 14.0. The summed E-state index contributed by atoms with van der Waals surface area (Å²) in [6.45, 7) is 1.61. The van der Waals surface area contributed by atoms with Gasteiger partial charge in [-0.3, -0.25) is 4.99 Å². The van der Waals surface area contributed by atoms with Crippen LogP contribution in [0, 0.1) is 5.92 Å². The van der Waals surface area contributed by atoms with Gasteiger partial charge < -0.3 is 20.1 Å². The number of rotatable bonds is 7. The molecule has 1 aliphatic rings. The zero-order valence-corrected chi connectivity index (χ0v) is 18.4. The summed E-state index contributed by atoms with van der Waals surface area (Å²) >= 11 is 0. The van der Waals surface area contributed by atoms with Crippen molar-refractivity contribution in [3.05, 3.63) is 59.7 Å². The summed E-state index contributed by atoms with van der Waals surface area (Å²) in [4.78, 5) is 4.32. The first kappa shape index (κ1) is 21.3. The minimum Gasteiger partial charge on any atom is -0.493 e. The Bertz CT molecular complexity index is 752. The van der Waals surface area contributed by atoms with Crippen molar-refractivity contribution in [2.75, 3.05) is 27.8 Å². The largest absolute Gasteiger partial charge is 0.493 e. The summed E-state index contributed by atoms with van der Waals surface area (Å²) in [5, 5.41) is 6.79. The molecule has 2 atom stereocenters. The highest BCUT2D eigenvalue weighted by Crippen LogP contribution is 2.46. The number of hydrogen-bond acceptors (Lipinski definition) is 3. The maximum Gasteiger partial charge on any atom is 0.191 e. The van der Waals surface area contributed by atoms with Gasteiger partial charge in [-0.2, -0.15) is 0 Å². The molecule has 146 valence electrons. The molecular weight excluding hydrogens is 453 g/mol.